The molecule has 9 rings (SSSR count). The van der Waals surface area contributed by atoms with E-state index in [0.29, 0.717) is 44.5 Å². The lowest BCUT2D eigenvalue weighted by Crippen LogP contribution is -2.07. The lowest BCUT2D eigenvalue weighted by Gasteiger charge is -2.25. The van der Waals surface area contributed by atoms with Gasteiger partial charge in [-0.2, -0.15) is 0 Å². The van der Waals surface area contributed by atoms with Crippen LogP contribution in [-0.4, -0.2) is 60.8 Å². The molecular weight excluding hydrogens is 857 g/mol. The number of phenols is 8. The van der Waals surface area contributed by atoms with Crippen molar-refractivity contribution in [3.8, 4) is 46.0 Å². The van der Waals surface area contributed by atoms with Gasteiger partial charge in [0.1, 0.15) is 46.0 Å². The Morgan fingerprint density at radius 3 is 0.559 bits per heavy atom. The fourth-order valence-electron chi connectivity index (χ4n) is 8.67. The molecule has 0 spiro atoms. The van der Waals surface area contributed by atoms with Crippen LogP contribution in [-0.2, 0) is 25.7 Å². The molecule has 0 aliphatic heterocycles. The molecule has 12 heteroatoms. The summed E-state index contributed by atoms with van der Waals surface area (Å²) < 4.78 is 0. The predicted octanol–water partition coefficient (Wildman–Crippen LogP) is 10.8. The van der Waals surface area contributed by atoms with E-state index < -0.39 is 23.7 Å². The molecule has 1 aliphatic carbocycles. The van der Waals surface area contributed by atoms with Crippen molar-refractivity contribution in [1.82, 2.24) is 19.9 Å². The van der Waals surface area contributed by atoms with E-state index in [4.69, 9.17) is 0 Å². The monoisotopic (exact) mass is 912 g/mol. The average molecular weight is 913 g/mol. The van der Waals surface area contributed by atoms with Crippen molar-refractivity contribution in [2.75, 3.05) is 0 Å². The Balaban J connectivity index is 0.000000197. The maximum absolute atomic E-state index is 10.8. The van der Waals surface area contributed by atoms with Gasteiger partial charge >= 0.3 is 0 Å². The average Bonchev–Trinajstić information content (AvgIpc) is 3.33. The molecule has 0 saturated carbocycles. The first kappa shape index (κ1) is 47.8. The number of hydrogen-bond donors (Lipinski definition) is 8. The van der Waals surface area contributed by atoms with Crippen LogP contribution in [0.4, 0.5) is 0 Å². The quantitative estimate of drug-likeness (QED) is 0.0783. The summed E-state index contributed by atoms with van der Waals surface area (Å²) in [5.41, 5.74) is 8.49. The lowest BCUT2D eigenvalue weighted by atomic mass is 9.81. The highest BCUT2D eigenvalue weighted by Crippen LogP contribution is 2.49. The molecule has 0 fully saturated rings. The van der Waals surface area contributed by atoms with Gasteiger partial charge in [-0.1, -0.05) is 27.7 Å². The van der Waals surface area contributed by atoms with Gasteiger partial charge in [0, 0.05) is 142 Å². The minimum Gasteiger partial charge on any atom is -0.508 e. The fraction of sp³-hybridized carbons (Fsp3) is 0.214. The number of aromatic hydroxyl groups is 8. The molecule has 0 amide bonds. The van der Waals surface area contributed by atoms with E-state index in [2.05, 4.69) is 68.5 Å². The molecule has 4 aromatic heterocycles. The molecule has 8 bridgehead atoms. The maximum Gasteiger partial charge on any atom is 0.123 e. The van der Waals surface area contributed by atoms with Crippen molar-refractivity contribution in [2.45, 2.75) is 77.0 Å². The van der Waals surface area contributed by atoms with Gasteiger partial charge in [0.05, 0.1) is 0 Å². The summed E-state index contributed by atoms with van der Waals surface area (Å²) >= 11 is 0. The summed E-state index contributed by atoms with van der Waals surface area (Å²) in [6, 6.07) is 27.7. The molecule has 0 atom stereocenters. The number of rotatable bonds is 6. The number of fused-ring (bicyclic) bond motifs is 8. The molecule has 68 heavy (non-hydrogen) atoms. The third kappa shape index (κ3) is 11.1. The van der Waals surface area contributed by atoms with Crippen molar-refractivity contribution in [1.29, 1.82) is 0 Å². The van der Waals surface area contributed by atoms with Gasteiger partial charge < -0.3 is 40.9 Å². The highest BCUT2D eigenvalue weighted by atomic mass is 16.3. The molecule has 1 aliphatic rings. The van der Waals surface area contributed by atoms with Crippen LogP contribution in [0.25, 0.3) is 0 Å². The Morgan fingerprint density at radius 2 is 0.412 bits per heavy atom. The molecule has 12 nitrogen and oxygen atoms in total. The number of phenolic OH excluding ortho intramolecular Hbond substituents is 8. The summed E-state index contributed by atoms with van der Waals surface area (Å²) in [6.45, 7) is 7.05. The van der Waals surface area contributed by atoms with Gasteiger partial charge in [0.25, 0.3) is 0 Å². The van der Waals surface area contributed by atoms with Crippen molar-refractivity contribution >= 4 is 0 Å². The van der Waals surface area contributed by atoms with E-state index in [-0.39, 0.29) is 46.0 Å². The minimum absolute atomic E-state index is 0.200. The summed E-state index contributed by atoms with van der Waals surface area (Å²) in [6.07, 6.45) is 18.9. The van der Waals surface area contributed by atoms with Gasteiger partial charge in [-0.25, -0.2) is 0 Å². The van der Waals surface area contributed by atoms with E-state index in [1.54, 1.807) is 52.0 Å². The second kappa shape index (κ2) is 21.5. The number of aryl methyl sites for hydroxylation is 4. The van der Waals surface area contributed by atoms with Crippen LogP contribution in [0.15, 0.2) is 147 Å². The molecule has 0 unspecified atom stereocenters. The molecule has 0 radical (unpaired) electrons. The van der Waals surface area contributed by atoms with Gasteiger partial charge in [-0.3, -0.25) is 19.9 Å². The Labute approximate surface area is 395 Å². The van der Waals surface area contributed by atoms with Gasteiger partial charge in [-0.15, -0.1) is 0 Å². The highest BCUT2D eigenvalue weighted by molar-refractivity contribution is 5.61. The van der Waals surface area contributed by atoms with Crippen LogP contribution in [0.3, 0.4) is 0 Å². The number of aromatic nitrogens is 4. The van der Waals surface area contributed by atoms with Crippen LogP contribution in [0.1, 0.15) is 118 Å². The highest BCUT2D eigenvalue weighted by Gasteiger charge is 2.29. The zero-order valence-corrected chi connectivity index (χ0v) is 38.4. The van der Waals surface area contributed by atoms with Crippen LogP contribution < -0.4 is 0 Å². The number of hydrogen-bond acceptors (Lipinski definition) is 12. The zero-order chi connectivity index (χ0) is 48.5. The largest absolute Gasteiger partial charge is 0.508 e. The Morgan fingerprint density at radius 1 is 0.265 bits per heavy atom. The minimum atomic E-state index is -0.598. The van der Waals surface area contributed by atoms with E-state index in [1.165, 1.54) is 46.5 Å². The van der Waals surface area contributed by atoms with Crippen molar-refractivity contribution < 1.29 is 40.9 Å². The van der Waals surface area contributed by atoms with Crippen LogP contribution in [0.5, 0.6) is 46.0 Å². The summed E-state index contributed by atoms with van der Waals surface area (Å²) in [4.78, 5) is 16.0. The predicted molar refractivity (Wildman–Crippen MR) is 261 cm³/mol. The van der Waals surface area contributed by atoms with Crippen molar-refractivity contribution in [3.63, 3.8) is 0 Å². The SMILES string of the molecule is CC1c2cc(c(O)cc2O)C(C)c2cc(c(O)cc2O)C(C)c2cc(c(O)cc2O)C(C)c2cc1c(O)cc2O.c1cc(CCc2ccncc2)ccn1.c1cc(CCc2ccncc2)ccn1. The third-order valence-electron chi connectivity index (χ3n) is 12.8. The Bertz CT molecular complexity index is 2450. The number of pyridine rings is 4. The summed E-state index contributed by atoms with van der Waals surface area (Å²) in [5.74, 6) is -3.99. The summed E-state index contributed by atoms with van der Waals surface area (Å²) in [7, 11) is 0. The standard InChI is InChI=1S/C32H32O8.2C12H12N2/c1-13-17-5-19(27(35)9-25(17)33)14(2)21-7-23(31(39)11-29(21)37)16(4)24-8-22(30(38)12-32(24)40)15(3)20-6-18(13)26(34)10-28(20)36;2*1(11-3-7-13-8-4-11)2-12-5-9-14-10-6-12/h5-16,33-40H,1-4H3;2*3-10H,1-2H2. The second-order valence-electron chi connectivity index (χ2n) is 17.2. The third-order valence-corrected chi connectivity index (χ3v) is 12.8. The normalized spacial score (nSPS) is 16.1. The molecule has 8 aromatic rings. The van der Waals surface area contributed by atoms with E-state index >= 15 is 0 Å². The first-order valence-electron chi connectivity index (χ1n) is 22.5. The van der Waals surface area contributed by atoms with Gasteiger partial charge in [0.2, 0.25) is 0 Å². The molecule has 8 N–H and O–H groups in total. The lowest BCUT2D eigenvalue weighted by molar-refractivity contribution is 0.429. The van der Waals surface area contributed by atoms with Gasteiger partial charge in [0.15, 0.2) is 0 Å². The topological polar surface area (TPSA) is 213 Å². The molecule has 348 valence electrons. The number of nitrogens with zero attached hydrogens (tertiary/aromatic N) is 4. The first-order chi connectivity index (χ1) is 32.7. The zero-order valence-electron chi connectivity index (χ0n) is 38.4. The molecule has 0 saturated heterocycles. The van der Waals surface area contributed by atoms with E-state index in [9.17, 15) is 40.9 Å². The molecular formula is C56H56N4O8. The van der Waals surface area contributed by atoms with Gasteiger partial charge in [-0.05, 0) is 121 Å². The van der Waals surface area contributed by atoms with Crippen molar-refractivity contribution in [2.24, 2.45) is 0 Å². The van der Waals surface area contributed by atoms with E-state index in [0.717, 1.165) is 25.7 Å². The maximum atomic E-state index is 10.8. The van der Waals surface area contributed by atoms with Crippen LogP contribution in [0.2, 0.25) is 0 Å². The molecule has 4 aromatic carbocycles. The van der Waals surface area contributed by atoms with Crippen LogP contribution >= 0.6 is 0 Å². The smallest absolute Gasteiger partial charge is 0.123 e. The number of benzene rings is 4. The van der Waals surface area contributed by atoms with Crippen LogP contribution in [0, 0.1) is 0 Å². The first-order valence-corrected chi connectivity index (χ1v) is 22.5. The Kier molecular flexibility index (Phi) is 15.1. The fourth-order valence-corrected chi connectivity index (χ4v) is 8.67. The Hall–Kier alpha value is -8.12. The van der Waals surface area contributed by atoms with E-state index in [1.807, 2.05) is 49.6 Å². The summed E-state index contributed by atoms with van der Waals surface area (Å²) in [5, 5.41) is 86.5. The second-order valence-corrected chi connectivity index (χ2v) is 17.2. The van der Waals surface area contributed by atoms with Crippen molar-refractivity contribution in [3.05, 3.63) is 213 Å². The molecule has 4 heterocycles.